The molecule has 1 aliphatic heterocycles. The van der Waals surface area contributed by atoms with Crippen molar-refractivity contribution < 1.29 is 23.9 Å². The maximum absolute atomic E-state index is 8.66. The Morgan fingerprint density at radius 1 is 1.25 bits per heavy atom. The summed E-state index contributed by atoms with van der Waals surface area (Å²) in [7, 11) is 0. The lowest BCUT2D eigenvalue weighted by Gasteiger charge is -2.32. The predicted molar refractivity (Wildman–Crippen MR) is 101 cm³/mol. The number of hydrogen-bond acceptors (Lipinski definition) is 2. The largest absolute Gasteiger partial charge is 0.366 e. The van der Waals surface area contributed by atoms with Crippen molar-refractivity contribution in [3.8, 4) is 0 Å². The number of halogens is 1. The van der Waals surface area contributed by atoms with Gasteiger partial charge in [-0.3, -0.25) is 0 Å². The van der Waals surface area contributed by atoms with E-state index in [1.165, 1.54) is 0 Å². The van der Waals surface area contributed by atoms with Crippen LogP contribution in [0.3, 0.4) is 0 Å². The second-order valence-corrected chi connectivity index (χ2v) is 6.04. The summed E-state index contributed by atoms with van der Waals surface area (Å²) < 4.78 is 121. The Bertz CT molecular complexity index is 1140. The van der Waals surface area contributed by atoms with Crippen LogP contribution in [0.25, 0.3) is 0 Å². The number of rotatable bonds is 6. The Kier molecular flexibility index (Phi) is 2.28. The Morgan fingerprint density at radius 3 is 2.67 bits per heavy atom. The number of likely N-dealkylation sites (tertiary alicyclic amines) is 1. The summed E-state index contributed by atoms with van der Waals surface area (Å²) in [5, 5.41) is -0.519. The molecular weight excluding hydrogens is 318 g/mol. The third kappa shape index (κ3) is 3.83. The molecule has 3 rings (SSSR count). The van der Waals surface area contributed by atoms with Crippen LogP contribution in [-0.4, -0.2) is 31.0 Å². The van der Waals surface area contributed by atoms with Crippen LogP contribution in [0.4, 0.5) is 0 Å². The van der Waals surface area contributed by atoms with Crippen molar-refractivity contribution in [3.05, 3.63) is 70.5 Å². The molecule has 0 aliphatic carbocycles. The average Bonchev–Trinajstić information content (AvgIpc) is 3.26. The fraction of sp³-hybridized carbons (Fsp3) is 0.429. The van der Waals surface area contributed by atoms with E-state index in [1.54, 1.807) is 0 Å². The molecule has 1 saturated heterocycles. The van der Waals surface area contributed by atoms with E-state index < -0.39 is 102 Å². The van der Waals surface area contributed by atoms with Gasteiger partial charge >= 0.3 is 0 Å². The molecule has 128 valence electrons. The van der Waals surface area contributed by atoms with Gasteiger partial charge in [0.25, 0.3) is 0 Å². The van der Waals surface area contributed by atoms with Crippen molar-refractivity contribution in [2.75, 3.05) is 20.1 Å². The highest BCUT2D eigenvalue weighted by Gasteiger charge is 2.30. The van der Waals surface area contributed by atoms with Crippen molar-refractivity contribution in [2.45, 2.75) is 37.8 Å². The first kappa shape index (κ1) is 7.11. The van der Waals surface area contributed by atoms with Gasteiger partial charge in [0.15, 0.2) is 0 Å². The van der Waals surface area contributed by atoms with E-state index in [0.29, 0.717) is 12.8 Å². The Hall–Kier alpha value is -1.35. The molecule has 1 aliphatic rings. The van der Waals surface area contributed by atoms with Gasteiger partial charge in [0.1, 0.15) is 5.60 Å². The smallest absolute Gasteiger partial charge is 0.115 e. The van der Waals surface area contributed by atoms with E-state index in [4.69, 9.17) is 35.5 Å². The molecule has 0 radical (unpaired) electrons. The topological polar surface area (TPSA) is 12.5 Å². The molecule has 24 heavy (non-hydrogen) atoms. The molecule has 0 unspecified atom stereocenters. The zero-order chi connectivity index (χ0) is 29.1. The lowest BCUT2D eigenvalue weighted by molar-refractivity contribution is -0.0117. The van der Waals surface area contributed by atoms with E-state index in [1.807, 2.05) is 0 Å². The van der Waals surface area contributed by atoms with Gasteiger partial charge in [-0.05, 0) is 62.9 Å². The first-order valence-electron chi connectivity index (χ1n) is 14.6. The summed E-state index contributed by atoms with van der Waals surface area (Å²) in [6.45, 7) is -3.90. The Labute approximate surface area is 170 Å². The molecule has 2 aromatic carbocycles. The highest BCUT2D eigenvalue weighted by atomic mass is 35.5. The summed E-state index contributed by atoms with van der Waals surface area (Å²) in [5.74, 6) is 0. The summed E-state index contributed by atoms with van der Waals surface area (Å²) in [5.41, 5.74) is -3.64. The van der Waals surface area contributed by atoms with Crippen LogP contribution in [0.1, 0.15) is 56.5 Å². The van der Waals surface area contributed by atoms with Crippen LogP contribution in [0.5, 0.6) is 0 Å². The normalized spacial score (nSPS) is 30.3. The highest BCUT2D eigenvalue weighted by Crippen LogP contribution is 2.34. The van der Waals surface area contributed by atoms with Crippen molar-refractivity contribution in [1.29, 1.82) is 0 Å². The lowest BCUT2D eigenvalue weighted by Crippen LogP contribution is -2.31. The lowest BCUT2D eigenvalue weighted by atomic mass is 9.88. The molecule has 3 heteroatoms. The number of benzene rings is 2. The van der Waals surface area contributed by atoms with Crippen LogP contribution in [0, 0.1) is 0 Å². The van der Waals surface area contributed by atoms with E-state index in [-0.39, 0.29) is 6.54 Å². The van der Waals surface area contributed by atoms with Crippen molar-refractivity contribution in [3.63, 3.8) is 0 Å². The zero-order valence-corrected chi connectivity index (χ0v) is 13.9. The molecule has 0 amide bonds. The van der Waals surface area contributed by atoms with E-state index in [9.17, 15) is 0 Å². The molecule has 2 aromatic rings. The van der Waals surface area contributed by atoms with E-state index in [0.717, 1.165) is 11.8 Å². The van der Waals surface area contributed by atoms with Gasteiger partial charge in [0.05, 0.1) is 15.1 Å². The molecule has 0 N–H and O–H groups in total. The predicted octanol–water partition coefficient (Wildman–Crippen LogP) is 5.10. The van der Waals surface area contributed by atoms with Crippen molar-refractivity contribution in [1.82, 2.24) is 4.90 Å². The summed E-state index contributed by atoms with van der Waals surface area (Å²) in [6.07, 6.45) is 0.346. The second kappa shape index (κ2) is 7.69. The summed E-state index contributed by atoms with van der Waals surface area (Å²) in [4.78, 5) is 1.16. The minimum Gasteiger partial charge on any atom is -0.366 e. The van der Waals surface area contributed by atoms with Gasteiger partial charge < -0.3 is 9.64 Å². The fourth-order valence-electron chi connectivity index (χ4n) is 2.58. The first-order valence-corrected chi connectivity index (χ1v) is 7.94. The average molecular weight is 358 g/mol. The molecule has 0 aromatic heterocycles. The van der Waals surface area contributed by atoms with Gasteiger partial charge in [-0.15, -0.1) is 0 Å². The van der Waals surface area contributed by atoms with Crippen molar-refractivity contribution in [2.24, 2.45) is 0 Å². The van der Waals surface area contributed by atoms with E-state index in [2.05, 4.69) is 0 Å². The summed E-state index contributed by atoms with van der Waals surface area (Å²) >= 11 is 5.95. The third-order valence-electron chi connectivity index (χ3n) is 4.02. The maximum atomic E-state index is 8.66. The van der Waals surface area contributed by atoms with Crippen LogP contribution >= 0.6 is 11.6 Å². The van der Waals surface area contributed by atoms with Crippen LogP contribution in [0.15, 0.2) is 54.4 Å². The summed E-state index contributed by atoms with van der Waals surface area (Å²) in [6, 6.07) is -7.49. The third-order valence-corrected chi connectivity index (χ3v) is 4.21. The van der Waals surface area contributed by atoms with Crippen LogP contribution in [-0.2, 0) is 10.3 Å². The van der Waals surface area contributed by atoms with Crippen LogP contribution in [0.2, 0.25) is 5.02 Å². The standard InChI is InChI=1S/C21H26ClNO/c1-21(17-7-4-3-5-8-17,18-10-12-19(22)13-11-18)24-16-14-20-9-6-15-23(20)2/h3-5,7-8,10-13,20H,6,9,14-16H2,1-2H3/t20-,21+/m0/s1/i2D3,3D,4D,5D,7D,8D,10D,11D,12D,13D,16D2. The Morgan fingerprint density at radius 2 is 1.96 bits per heavy atom. The molecule has 0 saturated carbocycles. The molecule has 0 bridgehead atoms. The zero-order valence-electron chi connectivity index (χ0n) is 27.1. The SMILES string of the molecule is [2H]c1c([2H])c([2H])c([C@@](C)(OC([2H])([2H])C[C@@H]2CCCN2C([2H])([2H])[2H])c2c([2H])c([2H])c(Cl)c([2H])c2[2H])c([2H])c1[2H]. The van der Waals surface area contributed by atoms with Gasteiger partial charge in [-0.2, -0.15) is 0 Å². The first-order chi connectivity index (χ1) is 17.3. The minimum absolute atomic E-state index is 0.201. The molecule has 2 nitrogen and oxygen atoms in total. The van der Waals surface area contributed by atoms with Gasteiger partial charge in [0.2, 0.25) is 0 Å². The molecule has 1 heterocycles. The monoisotopic (exact) mass is 357 g/mol. The highest BCUT2D eigenvalue weighted by molar-refractivity contribution is 6.30. The number of ether oxygens (including phenoxy) is 1. The fourth-order valence-corrected chi connectivity index (χ4v) is 2.68. The molecular formula is C21H26ClNO. The molecule has 0 spiro atoms. The Balaban J connectivity index is 2.30. The maximum Gasteiger partial charge on any atom is 0.115 e. The van der Waals surface area contributed by atoms with Gasteiger partial charge in [-0.1, -0.05) is 53.9 Å². The number of nitrogens with zero attached hydrogens (tertiary/aromatic N) is 1. The second-order valence-electron chi connectivity index (χ2n) is 5.66. The minimum atomic E-state index is -2.71. The van der Waals surface area contributed by atoms with E-state index >= 15 is 0 Å². The van der Waals surface area contributed by atoms with Gasteiger partial charge in [-0.25, -0.2) is 0 Å². The van der Waals surface area contributed by atoms with Crippen LogP contribution < -0.4 is 0 Å². The quantitative estimate of drug-likeness (QED) is 0.712. The number of hydrogen-bond donors (Lipinski definition) is 0. The molecule has 1 fully saturated rings. The van der Waals surface area contributed by atoms with Gasteiger partial charge in [0, 0.05) is 21.7 Å². The van der Waals surface area contributed by atoms with Crippen molar-refractivity contribution >= 4 is 11.6 Å². The molecule has 2 atom stereocenters.